The van der Waals surface area contributed by atoms with Gasteiger partial charge in [0.15, 0.2) is 0 Å². The number of halogens is 1. The number of aromatic hydroxyl groups is 1. The number of hydrogen-bond acceptors (Lipinski definition) is 1. The van der Waals surface area contributed by atoms with E-state index in [0.29, 0.717) is 5.56 Å². The largest absolute Gasteiger partial charge is 0.508 e. The quantitative estimate of drug-likeness (QED) is 0.816. The normalized spacial score (nSPS) is 10.9. The first-order valence-electron chi connectivity index (χ1n) is 6.09. The van der Waals surface area contributed by atoms with Crippen LogP contribution >= 0.6 is 0 Å². The predicted molar refractivity (Wildman–Crippen MR) is 72.3 cm³/mol. The summed E-state index contributed by atoms with van der Waals surface area (Å²) in [5.41, 5.74) is 3.15. The summed E-state index contributed by atoms with van der Waals surface area (Å²) in [6, 6.07) is 10.3. The zero-order valence-electron chi connectivity index (χ0n) is 10.9. The Kier molecular flexibility index (Phi) is 3.37. The van der Waals surface area contributed by atoms with E-state index >= 15 is 0 Å². The molecule has 18 heavy (non-hydrogen) atoms. The Labute approximate surface area is 107 Å². The summed E-state index contributed by atoms with van der Waals surface area (Å²) in [7, 11) is 0. The average molecular weight is 244 g/mol. The van der Waals surface area contributed by atoms with Crippen molar-refractivity contribution in [2.45, 2.75) is 26.7 Å². The zero-order chi connectivity index (χ0) is 13.3. The first-order chi connectivity index (χ1) is 8.50. The molecule has 94 valence electrons. The van der Waals surface area contributed by atoms with E-state index in [9.17, 15) is 9.50 Å². The molecule has 0 fully saturated rings. The van der Waals surface area contributed by atoms with Crippen LogP contribution in [-0.4, -0.2) is 5.11 Å². The molecule has 1 N–H and O–H groups in total. The summed E-state index contributed by atoms with van der Waals surface area (Å²) < 4.78 is 13.8. The molecule has 2 aromatic carbocycles. The Morgan fingerprint density at radius 1 is 1.06 bits per heavy atom. The molecule has 0 atom stereocenters. The van der Waals surface area contributed by atoms with Crippen molar-refractivity contribution in [1.29, 1.82) is 0 Å². The van der Waals surface area contributed by atoms with E-state index in [2.05, 4.69) is 0 Å². The Bertz CT molecular complexity index is 573. The highest BCUT2D eigenvalue weighted by Crippen LogP contribution is 2.34. The summed E-state index contributed by atoms with van der Waals surface area (Å²) in [5.74, 6) is 0.250. The maximum atomic E-state index is 13.8. The van der Waals surface area contributed by atoms with Gasteiger partial charge in [0.05, 0.1) is 0 Å². The smallest absolute Gasteiger partial charge is 0.131 e. The average Bonchev–Trinajstić information content (AvgIpc) is 2.30. The summed E-state index contributed by atoms with van der Waals surface area (Å²) in [6.07, 6.45) is 0. The van der Waals surface area contributed by atoms with Crippen LogP contribution in [0, 0.1) is 12.7 Å². The van der Waals surface area contributed by atoms with Crippen molar-refractivity contribution in [2.75, 3.05) is 0 Å². The number of phenols is 1. The number of benzene rings is 2. The van der Waals surface area contributed by atoms with Crippen LogP contribution in [0.4, 0.5) is 4.39 Å². The minimum atomic E-state index is -0.235. The Balaban J connectivity index is 2.65. The highest BCUT2D eigenvalue weighted by molar-refractivity contribution is 5.70. The van der Waals surface area contributed by atoms with Crippen molar-refractivity contribution in [2.24, 2.45) is 0 Å². The fourth-order valence-corrected chi connectivity index (χ4v) is 2.14. The molecule has 0 bridgehead atoms. The minimum Gasteiger partial charge on any atom is -0.508 e. The Morgan fingerprint density at radius 2 is 1.72 bits per heavy atom. The molecule has 0 saturated carbocycles. The van der Waals surface area contributed by atoms with Crippen molar-refractivity contribution < 1.29 is 9.50 Å². The fourth-order valence-electron chi connectivity index (χ4n) is 2.14. The molecule has 2 heteroatoms. The van der Waals surface area contributed by atoms with E-state index in [1.165, 1.54) is 6.07 Å². The van der Waals surface area contributed by atoms with Gasteiger partial charge in [-0.2, -0.15) is 0 Å². The predicted octanol–water partition coefficient (Wildman–Crippen LogP) is 4.63. The zero-order valence-corrected chi connectivity index (χ0v) is 10.9. The van der Waals surface area contributed by atoms with E-state index in [1.807, 2.05) is 32.9 Å². The topological polar surface area (TPSA) is 20.2 Å². The number of aryl methyl sites for hydroxylation is 1. The monoisotopic (exact) mass is 244 g/mol. The van der Waals surface area contributed by atoms with Crippen LogP contribution in [0.25, 0.3) is 11.1 Å². The second-order valence-corrected chi connectivity index (χ2v) is 4.86. The highest BCUT2D eigenvalue weighted by Gasteiger charge is 2.13. The molecule has 0 radical (unpaired) electrons. The third kappa shape index (κ3) is 2.23. The molecule has 0 amide bonds. The van der Waals surface area contributed by atoms with Crippen LogP contribution in [0.2, 0.25) is 0 Å². The second-order valence-electron chi connectivity index (χ2n) is 4.86. The second kappa shape index (κ2) is 4.81. The van der Waals surface area contributed by atoms with Gasteiger partial charge in [0.1, 0.15) is 11.6 Å². The van der Waals surface area contributed by atoms with Crippen molar-refractivity contribution in [3.8, 4) is 16.9 Å². The molecule has 0 saturated heterocycles. The molecule has 2 aromatic rings. The van der Waals surface area contributed by atoms with Crippen molar-refractivity contribution in [3.05, 3.63) is 53.3 Å². The molecule has 0 aliphatic heterocycles. The van der Waals surface area contributed by atoms with Crippen molar-refractivity contribution >= 4 is 0 Å². The number of rotatable bonds is 2. The van der Waals surface area contributed by atoms with Gasteiger partial charge < -0.3 is 5.11 Å². The SMILES string of the molecule is Cc1cc(O)c(C(C)C)cc1-c1ccccc1F. The van der Waals surface area contributed by atoms with E-state index in [-0.39, 0.29) is 17.5 Å². The van der Waals surface area contributed by atoms with Gasteiger partial charge in [-0.15, -0.1) is 0 Å². The summed E-state index contributed by atoms with van der Waals surface area (Å²) in [5, 5.41) is 9.91. The van der Waals surface area contributed by atoms with E-state index in [0.717, 1.165) is 16.7 Å². The lowest BCUT2D eigenvalue weighted by atomic mass is 9.93. The van der Waals surface area contributed by atoms with Gasteiger partial charge in [-0.25, -0.2) is 4.39 Å². The molecule has 0 aromatic heterocycles. The molecule has 0 aliphatic rings. The highest BCUT2D eigenvalue weighted by atomic mass is 19.1. The van der Waals surface area contributed by atoms with Crippen LogP contribution in [-0.2, 0) is 0 Å². The molecule has 1 nitrogen and oxygen atoms in total. The lowest BCUT2D eigenvalue weighted by Crippen LogP contribution is -1.94. The molecule has 0 aliphatic carbocycles. The van der Waals surface area contributed by atoms with Crippen LogP contribution in [0.15, 0.2) is 36.4 Å². The molecule has 0 spiro atoms. The first kappa shape index (κ1) is 12.6. The standard InChI is InChI=1S/C16H17FO/c1-10(2)13-9-14(11(3)8-16(13)18)12-6-4-5-7-15(12)17/h4-10,18H,1-3H3. The molecule has 2 rings (SSSR count). The van der Waals surface area contributed by atoms with Crippen LogP contribution in [0.3, 0.4) is 0 Å². The van der Waals surface area contributed by atoms with Gasteiger partial charge >= 0.3 is 0 Å². The van der Waals surface area contributed by atoms with Gasteiger partial charge in [0.2, 0.25) is 0 Å². The van der Waals surface area contributed by atoms with Crippen LogP contribution in [0.1, 0.15) is 30.9 Å². The molecule has 0 heterocycles. The lowest BCUT2D eigenvalue weighted by Gasteiger charge is -2.14. The fraction of sp³-hybridized carbons (Fsp3) is 0.250. The van der Waals surface area contributed by atoms with Gasteiger partial charge in [0.25, 0.3) is 0 Å². The minimum absolute atomic E-state index is 0.205. The molecular formula is C16H17FO. The third-order valence-corrected chi connectivity index (χ3v) is 3.16. The number of hydrogen-bond donors (Lipinski definition) is 1. The molecule has 0 unspecified atom stereocenters. The number of phenolic OH excluding ortho intramolecular Hbond substituents is 1. The maximum Gasteiger partial charge on any atom is 0.131 e. The first-order valence-corrected chi connectivity index (χ1v) is 6.09. The van der Waals surface area contributed by atoms with Gasteiger partial charge in [-0.1, -0.05) is 32.0 Å². The van der Waals surface area contributed by atoms with Crippen LogP contribution in [0.5, 0.6) is 5.75 Å². The summed E-state index contributed by atoms with van der Waals surface area (Å²) in [4.78, 5) is 0. The lowest BCUT2D eigenvalue weighted by molar-refractivity contribution is 0.464. The summed E-state index contributed by atoms with van der Waals surface area (Å²) in [6.45, 7) is 5.90. The van der Waals surface area contributed by atoms with E-state index < -0.39 is 0 Å². The summed E-state index contributed by atoms with van der Waals surface area (Å²) >= 11 is 0. The van der Waals surface area contributed by atoms with E-state index in [4.69, 9.17) is 0 Å². The molecular weight excluding hydrogens is 227 g/mol. The Morgan fingerprint density at radius 3 is 2.33 bits per heavy atom. The Hall–Kier alpha value is -1.83. The van der Waals surface area contributed by atoms with Crippen molar-refractivity contribution in [3.63, 3.8) is 0 Å². The van der Waals surface area contributed by atoms with E-state index in [1.54, 1.807) is 18.2 Å². The van der Waals surface area contributed by atoms with Gasteiger partial charge in [-0.3, -0.25) is 0 Å². The van der Waals surface area contributed by atoms with Crippen molar-refractivity contribution in [1.82, 2.24) is 0 Å². The van der Waals surface area contributed by atoms with Gasteiger partial charge in [-0.05, 0) is 47.7 Å². The third-order valence-electron chi connectivity index (χ3n) is 3.16. The maximum absolute atomic E-state index is 13.8. The van der Waals surface area contributed by atoms with Gasteiger partial charge in [0, 0.05) is 5.56 Å². The van der Waals surface area contributed by atoms with Crippen LogP contribution < -0.4 is 0 Å².